The van der Waals surface area contributed by atoms with Gasteiger partial charge in [0, 0.05) is 109 Å². The fraction of sp³-hybridized carbons (Fsp3) is 0.220. The molecule has 0 radical (unpaired) electrons. The van der Waals surface area contributed by atoms with Gasteiger partial charge in [-0.15, -0.1) is 15.3 Å². The van der Waals surface area contributed by atoms with Gasteiger partial charge in [-0.1, -0.05) is 107 Å². The highest BCUT2D eigenvalue weighted by atomic mass is 33.1. The van der Waals surface area contributed by atoms with E-state index in [1.165, 1.54) is 0 Å². The second-order valence-corrected chi connectivity index (χ2v) is 18.0. The zero-order chi connectivity index (χ0) is 44.8. The molecule has 2 amide bonds. The van der Waals surface area contributed by atoms with E-state index in [4.69, 9.17) is 0 Å². The van der Waals surface area contributed by atoms with Crippen LogP contribution in [0, 0.1) is 0 Å². The Morgan fingerprint density at radius 2 is 1.11 bits per heavy atom. The summed E-state index contributed by atoms with van der Waals surface area (Å²) in [5, 5.41) is 33.2. The maximum absolute atomic E-state index is 13.0. The number of fused-ring (bicyclic) bond motifs is 3. The number of benzene rings is 6. The molecule has 0 saturated heterocycles. The summed E-state index contributed by atoms with van der Waals surface area (Å²) in [5.74, 6) is 1.29. The minimum Gasteiger partial charge on any atom is -0.377 e. The van der Waals surface area contributed by atoms with E-state index in [0.29, 0.717) is 18.8 Å². The molecule has 0 aliphatic carbocycles. The van der Waals surface area contributed by atoms with Crippen LogP contribution in [0.4, 0.5) is 34.1 Å². The number of pyridine rings is 1. The van der Waals surface area contributed by atoms with Crippen molar-refractivity contribution in [2.45, 2.75) is 13.5 Å². The normalized spacial score (nSPS) is 11.8. The van der Waals surface area contributed by atoms with E-state index in [2.05, 4.69) is 82.6 Å². The van der Waals surface area contributed by atoms with E-state index in [1.54, 1.807) is 21.6 Å². The number of nitrogens with one attached hydrogen (secondary N) is 3. The first-order valence-corrected chi connectivity index (χ1v) is 23.6. The smallest absolute Gasteiger partial charge is 0.286 e. The molecule has 0 bridgehead atoms. The molecular formula is C50H53N10O2S2+. The lowest BCUT2D eigenvalue weighted by atomic mass is 10.1. The van der Waals surface area contributed by atoms with Crippen LogP contribution in [0.1, 0.15) is 12.5 Å². The lowest BCUT2D eigenvalue weighted by Crippen LogP contribution is -2.43. The van der Waals surface area contributed by atoms with E-state index >= 15 is 0 Å². The second kappa shape index (κ2) is 22.0. The summed E-state index contributed by atoms with van der Waals surface area (Å²) in [4.78, 5) is 30.0. The molecular weight excluding hydrogens is 837 g/mol. The van der Waals surface area contributed by atoms with Gasteiger partial charge in [-0.05, 0) is 43.3 Å². The van der Waals surface area contributed by atoms with Crippen LogP contribution >= 0.6 is 21.6 Å². The Hall–Kier alpha value is -6.77. The number of hydrogen-bond donors (Lipinski definition) is 3. The molecule has 7 rings (SSSR count). The van der Waals surface area contributed by atoms with Gasteiger partial charge >= 0.3 is 0 Å². The Morgan fingerprint density at radius 3 is 1.72 bits per heavy atom. The molecule has 64 heavy (non-hydrogen) atoms. The van der Waals surface area contributed by atoms with E-state index in [1.807, 2.05) is 143 Å². The van der Waals surface area contributed by atoms with Crippen LogP contribution in [-0.2, 0) is 16.1 Å². The first kappa shape index (κ1) is 45.3. The van der Waals surface area contributed by atoms with Crippen molar-refractivity contribution < 1.29 is 14.2 Å². The quantitative estimate of drug-likeness (QED) is 0.0319. The molecule has 6 aromatic carbocycles. The zero-order valence-electron chi connectivity index (χ0n) is 36.8. The Kier molecular flexibility index (Phi) is 15.6. The van der Waals surface area contributed by atoms with Crippen molar-refractivity contribution >= 4 is 106 Å². The molecule has 14 heteroatoms. The lowest BCUT2D eigenvalue weighted by molar-refractivity contribution is -0.658. The van der Waals surface area contributed by atoms with Crippen molar-refractivity contribution in [3.63, 3.8) is 0 Å². The Bertz CT molecular complexity index is 2860. The van der Waals surface area contributed by atoms with E-state index < -0.39 is 0 Å². The van der Waals surface area contributed by atoms with Crippen LogP contribution < -0.4 is 30.3 Å². The highest BCUT2D eigenvalue weighted by Gasteiger charge is 2.17. The number of azo groups is 2. The van der Waals surface area contributed by atoms with Gasteiger partial charge in [-0.2, -0.15) is 9.68 Å². The number of hydrogen-bond acceptors (Lipinski definition) is 11. The molecule has 12 nitrogen and oxygen atoms in total. The van der Waals surface area contributed by atoms with Crippen molar-refractivity contribution in [3.05, 3.63) is 145 Å². The van der Waals surface area contributed by atoms with Crippen molar-refractivity contribution in [2.75, 3.05) is 74.4 Å². The van der Waals surface area contributed by atoms with Crippen molar-refractivity contribution in [1.29, 1.82) is 0 Å². The first-order chi connectivity index (χ1) is 31.2. The van der Waals surface area contributed by atoms with E-state index in [9.17, 15) is 9.59 Å². The van der Waals surface area contributed by atoms with Crippen LogP contribution in [0.25, 0.3) is 38.1 Å². The number of para-hydroxylation sites is 2. The third kappa shape index (κ3) is 11.2. The van der Waals surface area contributed by atoms with Crippen molar-refractivity contribution in [2.24, 2.45) is 20.5 Å². The minimum absolute atomic E-state index is 0.0722. The van der Waals surface area contributed by atoms with Crippen LogP contribution in [0.3, 0.4) is 0 Å². The number of rotatable bonds is 19. The molecule has 0 aliphatic rings. The summed E-state index contributed by atoms with van der Waals surface area (Å²) in [6.45, 7) is 3.29. The van der Waals surface area contributed by atoms with Crippen molar-refractivity contribution in [3.8, 4) is 0 Å². The molecule has 3 N–H and O–H groups in total. The highest BCUT2D eigenvalue weighted by molar-refractivity contribution is 8.76. The molecule has 7 aromatic rings. The number of aromatic nitrogens is 1. The summed E-state index contributed by atoms with van der Waals surface area (Å²) < 4.78 is 1.93. The lowest BCUT2D eigenvalue weighted by Gasteiger charge is -2.16. The Balaban J connectivity index is 0.831. The molecule has 0 atom stereocenters. The predicted molar refractivity (Wildman–Crippen MR) is 269 cm³/mol. The molecule has 0 fully saturated rings. The maximum atomic E-state index is 13.0. The molecule has 0 saturated carbocycles. The predicted octanol–water partition coefficient (Wildman–Crippen LogP) is 10.9. The third-order valence-electron chi connectivity index (χ3n) is 10.5. The third-order valence-corrected chi connectivity index (χ3v) is 12.9. The minimum atomic E-state index is -0.103. The average Bonchev–Trinajstić information content (AvgIpc) is 3.31. The summed E-state index contributed by atoms with van der Waals surface area (Å²) >= 11 is 0. The van der Waals surface area contributed by atoms with Gasteiger partial charge in [0.1, 0.15) is 5.69 Å². The average molecular weight is 890 g/mol. The monoisotopic (exact) mass is 889 g/mol. The molecule has 0 unspecified atom stereocenters. The van der Waals surface area contributed by atoms with Gasteiger partial charge < -0.3 is 25.8 Å². The molecule has 1 aromatic heterocycles. The second-order valence-electron chi connectivity index (χ2n) is 15.3. The van der Waals surface area contributed by atoms with Gasteiger partial charge in [0.05, 0.1) is 29.0 Å². The number of carbonyl (C=O) groups excluding carboxylic acids is 2. The van der Waals surface area contributed by atoms with Crippen LogP contribution in [0.15, 0.2) is 160 Å². The fourth-order valence-corrected chi connectivity index (χ4v) is 9.17. The Labute approximate surface area is 382 Å². The molecule has 326 valence electrons. The van der Waals surface area contributed by atoms with Crippen LogP contribution in [0.5, 0.6) is 0 Å². The molecule has 1 heterocycles. The van der Waals surface area contributed by atoms with Gasteiger partial charge in [-0.3, -0.25) is 9.59 Å². The zero-order valence-corrected chi connectivity index (χ0v) is 38.4. The highest BCUT2D eigenvalue weighted by Crippen LogP contribution is 2.36. The summed E-state index contributed by atoms with van der Waals surface area (Å²) in [6, 6.07) is 42.1. The van der Waals surface area contributed by atoms with E-state index in [0.717, 1.165) is 83.6 Å². The fourth-order valence-electron chi connectivity index (χ4n) is 7.36. The standard InChI is InChI=1S/C50H52N10O2S2/c1-6-41(54-55-43-23-25-46(58(2)3)37-17-9-7-15-35(37)43)39-19-11-13-21-42(39)53-33-49(61)51-28-31-63-64-32-29-52-50(62)34-60-30-27-45(40-20-12-14-22-48(40)60)57-56-44-24-26-47(59(4)5)38-18-10-8-16-36(38)44/h6-27,30,53H,28-29,31-34H2,1-5H3,(H-,51,52,61,62)/p+1/b41-6+,55-54?. The van der Waals surface area contributed by atoms with Gasteiger partial charge in [0.25, 0.3) is 5.91 Å². The maximum Gasteiger partial charge on any atom is 0.286 e. The SMILES string of the molecule is C/C=C(/N=Nc1ccc(N(C)C)c2ccccc12)c1ccccc1NCC(=O)NCCSSCCNC(=O)C[n+]1ccc(N=Nc2ccc(N(C)C)c3ccccc23)c2ccccc21. The number of carbonyl (C=O) groups is 2. The van der Waals surface area contributed by atoms with E-state index in [-0.39, 0.29) is 24.9 Å². The van der Waals surface area contributed by atoms with Crippen LogP contribution in [0.2, 0.25) is 0 Å². The van der Waals surface area contributed by atoms with Gasteiger partial charge in [0.2, 0.25) is 18.0 Å². The van der Waals surface area contributed by atoms with Gasteiger partial charge in [0.15, 0.2) is 6.20 Å². The Morgan fingerprint density at radius 1 is 0.594 bits per heavy atom. The largest absolute Gasteiger partial charge is 0.377 e. The van der Waals surface area contributed by atoms with Gasteiger partial charge in [-0.25, -0.2) is 0 Å². The first-order valence-electron chi connectivity index (χ1n) is 21.1. The topological polar surface area (TPSA) is 130 Å². The summed E-state index contributed by atoms with van der Waals surface area (Å²) in [6.07, 6.45) is 3.81. The molecule has 0 spiro atoms. The van der Waals surface area contributed by atoms with Crippen LogP contribution in [-0.4, -0.2) is 71.1 Å². The number of anilines is 3. The molecule has 0 aliphatic heterocycles. The number of amides is 2. The summed E-state index contributed by atoms with van der Waals surface area (Å²) in [5.41, 5.74) is 7.80. The number of nitrogens with zero attached hydrogens (tertiary/aromatic N) is 7. The van der Waals surface area contributed by atoms with Crippen molar-refractivity contribution in [1.82, 2.24) is 10.6 Å². The summed E-state index contributed by atoms with van der Waals surface area (Å²) in [7, 11) is 11.5. The number of allylic oxidation sites excluding steroid dienone is 1.